The van der Waals surface area contributed by atoms with E-state index in [9.17, 15) is 9.59 Å². The second-order valence-electron chi connectivity index (χ2n) is 12.6. The number of likely N-dealkylation sites (tertiary alicyclic amines) is 1. The van der Waals surface area contributed by atoms with E-state index in [0.29, 0.717) is 36.0 Å². The first-order chi connectivity index (χ1) is 18.8. The third-order valence-corrected chi connectivity index (χ3v) is 8.31. The summed E-state index contributed by atoms with van der Waals surface area (Å²) < 4.78 is 22.7. The highest BCUT2D eigenvalue weighted by Gasteiger charge is 2.60. The predicted molar refractivity (Wildman–Crippen MR) is 157 cm³/mol. The molecule has 2 aromatic rings. The highest BCUT2D eigenvalue weighted by Crippen LogP contribution is 2.52. The number of amides is 1. The van der Waals surface area contributed by atoms with Gasteiger partial charge in [-0.25, -0.2) is 9.78 Å². The van der Waals surface area contributed by atoms with Crippen LogP contribution in [0.25, 0.3) is 0 Å². The summed E-state index contributed by atoms with van der Waals surface area (Å²) in [5.41, 5.74) is 0.0997. The van der Waals surface area contributed by atoms with Gasteiger partial charge in [-0.15, -0.1) is 0 Å². The van der Waals surface area contributed by atoms with E-state index in [2.05, 4.69) is 39.6 Å². The van der Waals surface area contributed by atoms with Gasteiger partial charge in [0.15, 0.2) is 0 Å². The molecule has 1 aliphatic rings. The summed E-state index contributed by atoms with van der Waals surface area (Å²) in [6.07, 6.45) is 2.62. The predicted octanol–water partition coefficient (Wildman–Crippen LogP) is 6.29. The summed E-state index contributed by atoms with van der Waals surface area (Å²) in [6, 6.07) is 5.11. The van der Waals surface area contributed by atoms with Crippen LogP contribution < -0.4 is 9.47 Å². The van der Waals surface area contributed by atoms with Gasteiger partial charge in [0.2, 0.25) is 0 Å². The van der Waals surface area contributed by atoms with Crippen LogP contribution in [0.4, 0.5) is 0 Å². The fourth-order valence-electron chi connectivity index (χ4n) is 5.75. The Morgan fingerprint density at radius 3 is 2.33 bits per heavy atom. The number of benzene rings is 1. The van der Waals surface area contributed by atoms with Gasteiger partial charge in [-0.1, -0.05) is 65.9 Å². The van der Waals surface area contributed by atoms with E-state index in [0.717, 1.165) is 10.4 Å². The van der Waals surface area contributed by atoms with Crippen LogP contribution in [0.1, 0.15) is 88.1 Å². The minimum Gasteiger partial charge on any atom is -0.496 e. The van der Waals surface area contributed by atoms with Crippen molar-refractivity contribution in [3.05, 3.63) is 40.4 Å². The summed E-state index contributed by atoms with van der Waals surface area (Å²) in [4.78, 5) is 35.8. The molecule has 1 aromatic carbocycles. The maximum Gasteiger partial charge on any atom is 0.332 e. The van der Waals surface area contributed by atoms with E-state index in [4.69, 9.17) is 18.9 Å². The van der Waals surface area contributed by atoms with Crippen LogP contribution in [0, 0.1) is 17.8 Å². The van der Waals surface area contributed by atoms with Crippen LogP contribution >= 0.6 is 11.3 Å². The van der Waals surface area contributed by atoms with Crippen molar-refractivity contribution in [1.29, 1.82) is 0 Å². The summed E-state index contributed by atoms with van der Waals surface area (Å²) in [6.45, 7) is 15.1. The number of carbonyl (C=O) groups excluding carboxylic acids is 2. The molecule has 0 radical (unpaired) electrons. The van der Waals surface area contributed by atoms with E-state index >= 15 is 0 Å². The quantitative estimate of drug-likeness (QED) is 0.291. The maximum atomic E-state index is 14.7. The molecule has 2 heterocycles. The molecule has 0 aliphatic carbocycles. The lowest BCUT2D eigenvalue weighted by Crippen LogP contribution is -2.55. The highest BCUT2D eigenvalue weighted by molar-refractivity contribution is 7.13. The molecule has 1 aromatic heterocycles. The second kappa shape index (κ2) is 12.9. The molecular formula is C31H46N2O6S. The number of hydrogen-bond acceptors (Lipinski definition) is 8. The molecule has 0 spiro atoms. The van der Waals surface area contributed by atoms with Crippen molar-refractivity contribution < 1.29 is 28.5 Å². The number of nitrogens with zero attached hydrogens (tertiary/aromatic N) is 2. The number of hydrogen-bond donors (Lipinski definition) is 0. The van der Waals surface area contributed by atoms with Crippen LogP contribution in [0.3, 0.4) is 0 Å². The molecule has 9 heteroatoms. The van der Waals surface area contributed by atoms with Crippen molar-refractivity contribution in [2.75, 3.05) is 34.5 Å². The zero-order valence-electron chi connectivity index (χ0n) is 25.7. The average Bonchev–Trinajstić information content (AvgIpc) is 3.48. The summed E-state index contributed by atoms with van der Waals surface area (Å²) in [5.74, 6) is 0.145. The third kappa shape index (κ3) is 6.62. The van der Waals surface area contributed by atoms with Gasteiger partial charge in [0.1, 0.15) is 11.3 Å². The Bertz CT molecular complexity index is 1170. The number of aromatic nitrogens is 1. The molecule has 1 fully saturated rings. The first-order valence-corrected chi connectivity index (χ1v) is 14.8. The zero-order chi connectivity index (χ0) is 29.8. The minimum absolute atomic E-state index is 0.123. The molecule has 3 rings (SSSR count). The Kier molecular flexibility index (Phi) is 10.3. The topological polar surface area (TPSA) is 87.2 Å². The monoisotopic (exact) mass is 574 g/mol. The number of rotatable bonds is 11. The molecule has 222 valence electrons. The molecule has 0 N–H and O–H groups in total. The van der Waals surface area contributed by atoms with Crippen molar-refractivity contribution in [2.24, 2.45) is 17.8 Å². The number of ether oxygens (including phenoxy) is 4. The summed E-state index contributed by atoms with van der Waals surface area (Å²) in [5, 5.41) is 0.499. The number of thiazole rings is 1. The van der Waals surface area contributed by atoms with Gasteiger partial charge in [0.05, 0.1) is 38.4 Å². The Hall–Kier alpha value is -2.65. The van der Waals surface area contributed by atoms with Crippen molar-refractivity contribution in [1.82, 2.24) is 9.88 Å². The summed E-state index contributed by atoms with van der Waals surface area (Å²) in [7, 11) is 4.83. The SMILES string of the molecule is COCC1CC(CC(C)C)(C(=O)OCC(C)C)N(C(=O)c2ccc(C(C)(C)C)c(OC)c2)C1c1cnc(OC)s1. The van der Waals surface area contributed by atoms with E-state index in [1.54, 1.807) is 38.5 Å². The molecule has 8 nitrogen and oxygen atoms in total. The van der Waals surface area contributed by atoms with Gasteiger partial charge in [0.25, 0.3) is 11.1 Å². The zero-order valence-corrected chi connectivity index (χ0v) is 26.5. The summed E-state index contributed by atoms with van der Waals surface area (Å²) >= 11 is 1.38. The minimum atomic E-state index is -1.18. The van der Waals surface area contributed by atoms with E-state index in [-0.39, 0.29) is 41.7 Å². The molecule has 0 saturated carbocycles. The standard InChI is InChI=1S/C31H46N2O6S/c1-19(2)14-31(28(35)39-17-20(3)4)15-22(18-36-8)26(25-16-32-29(38-10)40-25)33(31)27(34)21-11-12-23(30(5,6)7)24(13-21)37-9/h11-13,16,19-20,22,26H,14-15,17-18H2,1-10H3. The molecular weight excluding hydrogens is 528 g/mol. The van der Waals surface area contributed by atoms with Crippen LogP contribution in [-0.2, 0) is 19.7 Å². The second-order valence-corrected chi connectivity index (χ2v) is 13.6. The Morgan fingerprint density at radius 2 is 1.80 bits per heavy atom. The Labute approximate surface area is 243 Å². The Morgan fingerprint density at radius 1 is 1.10 bits per heavy atom. The molecule has 40 heavy (non-hydrogen) atoms. The lowest BCUT2D eigenvalue weighted by Gasteiger charge is -2.40. The smallest absolute Gasteiger partial charge is 0.332 e. The van der Waals surface area contributed by atoms with Gasteiger partial charge in [-0.05, 0) is 47.8 Å². The van der Waals surface area contributed by atoms with Gasteiger partial charge in [0, 0.05) is 24.8 Å². The fraction of sp³-hybridized carbons (Fsp3) is 0.645. The van der Waals surface area contributed by atoms with E-state index in [1.165, 1.54) is 11.3 Å². The van der Waals surface area contributed by atoms with E-state index in [1.807, 2.05) is 26.0 Å². The average molecular weight is 575 g/mol. The number of esters is 1. The normalized spacial score (nSPS) is 21.2. The fourth-order valence-corrected chi connectivity index (χ4v) is 6.66. The molecule has 3 unspecified atom stereocenters. The van der Waals surface area contributed by atoms with Crippen molar-refractivity contribution in [3.8, 4) is 10.9 Å². The largest absolute Gasteiger partial charge is 0.496 e. The first kappa shape index (κ1) is 31.9. The third-order valence-electron chi connectivity index (χ3n) is 7.28. The first-order valence-electron chi connectivity index (χ1n) is 14.0. The van der Waals surface area contributed by atoms with Crippen LogP contribution in [0.5, 0.6) is 10.9 Å². The highest BCUT2D eigenvalue weighted by atomic mass is 32.1. The number of methoxy groups -OCH3 is 3. The lowest BCUT2D eigenvalue weighted by molar-refractivity contribution is -0.158. The molecule has 3 atom stereocenters. The molecule has 1 saturated heterocycles. The van der Waals surface area contributed by atoms with Crippen LogP contribution in [0.15, 0.2) is 24.4 Å². The molecule has 1 amide bonds. The molecule has 0 bridgehead atoms. The van der Waals surface area contributed by atoms with Crippen molar-refractivity contribution in [2.45, 2.75) is 78.3 Å². The lowest BCUT2D eigenvalue weighted by atomic mass is 9.83. The maximum absolute atomic E-state index is 14.7. The van der Waals surface area contributed by atoms with Crippen molar-refractivity contribution >= 4 is 23.2 Å². The van der Waals surface area contributed by atoms with Crippen LogP contribution in [-0.4, -0.2) is 61.8 Å². The van der Waals surface area contributed by atoms with Gasteiger partial charge in [-0.2, -0.15) is 0 Å². The van der Waals surface area contributed by atoms with Gasteiger partial charge in [-0.3, -0.25) is 4.79 Å². The molecule has 1 aliphatic heterocycles. The van der Waals surface area contributed by atoms with Crippen molar-refractivity contribution in [3.63, 3.8) is 0 Å². The van der Waals surface area contributed by atoms with Gasteiger partial charge < -0.3 is 23.8 Å². The van der Waals surface area contributed by atoms with E-state index < -0.39 is 11.6 Å². The van der Waals surface area contributed by atoms with Gasteiger partial charge >= 0.3 is 5.97 Å². The van der Waals surface area contributed by atoms with Crippen LogP contribution in [0.2, 0.25) is 0 Å². The number of carbonyl (C=O) groups is 2. The Balaban J connectivity index is 2.25.